The van der Waals surface area contributed by atoms with Gasteiger partial charge in [0.05, 0.1) is 11.1 Å². The molecule has 2 amide bonds. The van der Waals surface area contributed by atoms with Gasteiger partial charge in [0.2, 0.25) is 5.91 Å². The van der Waals surface area contributed by atoms with Gasteiger partial charge in [-0.3, -0.25) is 14.5 Å². The summed E-state index contributed by atoms with van der Waals surface area (Å²) in [5.41, 5.74) is 1.13. The summed E-state index contributed by atoms with van der Waals surface area (Å²) in [6, 6.07) is 11.6. The summed E-state index contributed by atoms with van der Waals surface area (Å²) in [5, 5.41) is 1.90. The topological polar surface area (TPSA) is 83.6 Å². The number of hydrogen-bond donors (Lipinski definition) is 1. The average Bonchev–Trinajstić information content (AvgIpc) is 2.83. The van der Waals surface area contributed by atoms with E-state index in [0.29, 0.717) is 27.5 Å². The van der Waals surface area contributed by atoms with Crippen molar-refractivity contribution < 1.29 is 18.7 Å². The zero-order valence-electron chi connectivity index (χ0n) is 15.9. The van der Waals surface area contributed by atoms with Gasteiger partial charge in [-0.1, -0.05) is 17.7 Å². The first kappa shape index (κ1) is 20.3. The van der Waals surface area contributed by atoms with Crippen molar-refractivity contribution in [2.24, 2.45) is 0 Å². The quantitative estimate of drug-likeness (QED) is 0.698. The molecular weight excluding hydrogens is 399 g/mol. The first-order valence-corrected chi connectivity index (χ1v) is 10.2. The molecule has 2 aromatic carbocycles. The Morgan fingerprint density at radius 2 is 1.71 bits per heavy atom. The third-order valence-corrected chi connectivity index (χ3v) is 6.35. The number of rotatable bonds is 4. The highest BCUT2D eigenvalue weighted by Gasteiger charge is 2.51. The van der Waals surface area contributed by atoms with Gasteiger partial charge in [-0.05, 0) is 69.7 Å². The van der Waals surface area contributed by atoms with E-state index < -0.39 is 18.4 Å². The normalized spacial score (nSPS) is 15.3. The monoisotopic (exact) mass is 418 g/mol. The highest BCUT2D eigenvalue weighted by Crippen LogP contribution is 2.48. The van der Waals surface area contributed by atoms with Gasteiger partial charge in [-0.15, -0.1) is 0 Å². The summed E-state index contributed by atoms with van der Waals surface area (Å²) in [6.07, 6.45) is 0. The fourth-order valence-electron chi connectivity index (χ4n) is 3.25. The van der Waals surface area contributed by atoms with Crippen LogP contribution in [0.5, 0.6) is 0 Å². The molecule has 0 unspecified atom stereocenters. The zero-order valence-corrected chi connectivity index (χ0v) is 17.6. The molecule has 0 aliphatic carbocycles. The smallest absolute Gasteiger partial charge is 0.322 e. The number of benzene rings is 2. The Bertz CT molecular complexity index is 1030. The van der Waals surface area contributed by atoms with Crippen molar-refractivity contribution in [2.75, 3.05) is 10.2 Å². The van der Waals surface area contributed by atoms with Gasteiger partial charge >= 0.3 is 7.68 Å². The zero-order chi connectivity index (χ0) is 20.9. The van der Waals surface area contributed by atoms with Crippen LogP contribution in [0, 0.1) is 0 Å². The van der Waals surface area contributed by atoms with Crippen LogP contribution in [0.1, 0.15) is 43.6 Å². The Kier molecular flexibility index (Phi) is 4.98. The van der Waals surface area contributed by atoms with Crippen LogP contribution in [0.2, 0.25) is 5.02 Å². The van der Waals surface area contributed by atoms with Crippen LogP contribution in [0.25, 0.3) is 0 Å². The third kappa shape index (κ3) is 3.27. The Hall–Kier alpha value is -2.43. The molecule has 28 heavy (non-hydrogen) atoms. The van der Waals surface area contributed by atoms with Gasteiger partial charge in [0, 0.05) is 16.3 Å². The van der Waals surface area contributed by atoms with Crippen molar-refractivity contribution in [3.63, 3.8) is 0 Å². The molecule has 0 aromatic heterocycles. The molecule has 8 heteroatoms. The summed E-state index contributed by atoms with van der Waals surface area (Å²) >= 11 is 5.85. The van der Waals surface area contributed by atoms with E-state index in [1.807, 2.05) is 0 Å². The highest BCUT2D eigenvalue weighted by atomic mass is 35.5. The van der Waals surface area contributed by atoms with Crippen LogP contribution in [0.15, 0.2) is 42.5 Å². The molecule has 3 rings (SSSR count). The predicted octanol–water partition coefficient (Wildman–Crippen LogP) is 5.13. The van der Waals surface area contributed by atoms with Crippen molar-refractivity contribution >= 4 is 42.5 Å². The molecule has 0 spiro atoms. The number of nitrogens with zero attached hydrogens (tertiary/aromatic N) is 1. The molecule has 0 radical (unpaired) electrons. The lowest BCUT2D eigenvalue weighted by Crippen LogP contribution is -2.46. The molecule has 146 valence electrons. The molecule has 1 aliphatic rings. The van der Waals surface area contributed by atoms with Crippen LogP contribution in [0.4, 0.5) is 11.4 Å². The minimum absolute atomic E-state index is 0.318. The second-order valence-electron chi connectivity index (χ2n) is 7.71. The van der Waals surface area contributed by atoms with E-state index in [4.69, 9.17) is 11.6 Å². The van der Waals surface area contributed by atoms with Crippen LogP contribution in [-0.4, -0.2) is 17.1 Å². The van der Waals surface area contributed by atoms with Gasteiger partial charge in [-0.25, -0.2) is 9.13 Å². The Morgan fingerprint density at radius 1 is 1.11 bits per heavy atom. The van der Waals surface area contributed by atoms with Crippen LogP contribution in [-0.2, 0) is 19.3 Å². The SMILES string of the molecule is CC1(C)C(=O)N(C(C)(C)P(=O)=O)c2cc(C(=O)Nc3ccc(Cl)cc3)ccc21. The number of carbonyl (C=O) groups excluding carboxylic acids is 2. The number of anilines is 2. The molecule has 6 nitrogen and oxygen atoms in total. The van der Waals surface area contributed by atoms with Crippen molar-refractivity contribution in [1.82, 2.24) is 0 Å². The maximum Gasteiger partial charge on any atom is 0.341 e. The second-order valence-corrected chi connectivity index (χ2v) is 9.76. The first-order chi connectivity index (χ1) is 13.0. The van der Waals surface area contributed by atoms with E-state index in [1.165, 1.54) is 18.7 Å². The molecule has 0 fully saturated rings. The largest absolute Gasteiger partial charge is 0.341 e. The third-order valence-electron chi connectivity index (χ3n) is 5.01. The Balaban J connectivity index is 2.03. The molecule has 1 N–H and O–H groups in total. The van der Waals surface area contributed by atoms with Crippen LogP contribution >= 0.6 is 19.3 Å². The predicted molar refractivity (Wildman–Crippen MR) is 109 cm³/mol. The van der Waals surface area contributed by atoms with Gasteiger partial charge < -0.3 is 5.32 Å². The van der Waals surface area contributed by atoms with Gasteiger partial charge in [-0.2, -0.15) is 0 Å². The molecule has 2 aromatic rings. The van der Waals surface area contributed by atoms with Gasteiger partial charge in [0.25, 0.3) is 5.91 Å². The van der Waals surface area contributed by atoms with Crippen LogP contribution in [0.3, 0.4) is 0 Å². The van der Waals surface area contributed by atoms with Crippen molar-refractivity contribution in [3.05, 3.63) is 58.6 Å². The molecule has 1 heterocycles. The van der Waals surface area contributed by atoms with Crippen molar-refractivity contribution in [1.29, 1.82) is 0 Å². The summed E-state index contributed by atoms with van der Waals surface area (Å²) in [7, 11) is -2.92. The lowest BCUT2D eigenvalue weighted by molar-refractivity contribution is -0.122. The summed E-state index contributed by atoms with van der Waals surface area (Å²) in [5.74, 6) is -0.687. The molecular formula is C20H20ClN2O4P. The van der Waals surface area contributed by atoms with E-state index in [-0.39, 0.29) is 11.8 Å². The highest BCUT2D eigenvalue weighted by molar-refractivity contribution is 7.33. The molecule has 0 saturated heterocycles. The second kappa shape index (κ2) is 6.87. The Labute approximate surface area is 168 Å². The molecule has 0 bridgehead atoms. The minimum Gasteiger partial charge on any atom is -0.322 e. The summed E-state index contributed by atoms with van der Waals surface area (Å²) in [6.45, 7) is 6.44. The fourth-order valence-corrected chi connectivity index (χ4v) is 3.74. The van der Waals surface area contributed by atoms with Crippen molar-refractivity contribution in [3.8, 4) is 0 Å². The summed E-state index contributed by atoms with van der Waals surface area (Å²) in [4.78, 5) is 26.9. The lowest BCUT2D eigenvalue weighted by atomic mass is 9.86. The number of halogens is 1. The van der Waals surface area contributed by atoms with E-state index >= 15 is 0 Å². The average molecular weight is 419 g/mol. The standard InChI is InChI=1S/C20H20ClN2O4P/c1-19(2)15-10-5-12(17(24)22-14-8-6-13(21)7-9-14)11-16(15)23(18(19)25)20(3,4)28(26)27/h5-11H,1-4H3,(H,22,24). The van der Waals surface area contributed by atoms with Gasteiger partial charge in [0.1, 0.15) is 0 Å². The molecule has 1 aliphatic heterocycles. The minimum atomic E-state index is -2.92. The molecule has 0 saturated carbocycles. The lowest BCUT2D eigenvalue weighted by Gasteiger charge is -2.30. The number of fused-ring (bicyclic) bond motifs is 1. The first-order valence-electron chi connectivity index (χ1n) is 8.67. The van der Waals surface area contributed by atoms with E-state index in [9.17, 15) is 18.7 Å². The van der Waals surface area contributed by atoms with E-state index in [0.717, 1.165) is 0 Å². The maximum atomic E-state index is 13.0. The maximum absolute atomic E-state index is 13.0. The number of amides is 2. The van der Waals surface area contributed by atoms with E-state index in [1.54, 1.807) is 56.3 Å². The number of nitrogens with one attached hydrogen (secondary N) is 1. The number of carbonyl (C=O) groups is 2. The van der Waals surface area contributed by atoms with E-state index in [2.05, 4.69) is 5.32 Å². The Morgan fingerprint density at radius 3 is 2.29 bits per heavy atom. The summed E-state index contributed by atoms with van der Waals surface area (Å²) < 4.78 is 23.6. The van der Waals surface area contributed by atoms with Gasteiger partial charge in [0.15, 0.2) is 5.28 Å². The molecule has 0 atom stereocenters. The van der Waals surface area contributed by atoms with Crippen molar-refractivity contribution in [2.45, 2.75) is 38.4 Å². The fraction of sp³-hybridized carbons (Fsp3) is 0.300. The van der Waals surface area contributed by atoms with Crippen LogP contribution < -0.4 is 10.2 Å². The number of hydrogen-bond acceptors (Lipinski definition) is 4.